The molecule has 0 radical (unpaired) electrons. The molecule has 0 aliphatic heterocycles. The van der Waals surface area contributed by atoms with Crippen LogP contribution in [0.1, 0.15) is 76.6 Å². The monoisotopic (exact) mass is 378 g/mol. The van der Waals surface area contributed by atoms with Gasteiger partial charge in [-0.2, -0.15) is 0 Å². The van der Waals surface area contributed by atoms with Crippen LogP contribution >= 0.6 is 11.8 Å². The van der Waals surface area contributed by atoms with Gasteiger partial charge in [-0.1, -0.05) is 37.4 Å². The van der Waals surface area contributed by atoms with Gasteiger partial charge in [-0.25, -0.2) is 0 Å². The maximum atomic E-state index is 4.78. The first-order valence-electron chi connectivity index (χ1n) is 10.3. The molecule has 1 aromatic heterocycles. The second-order valence-corrected chi connectivity index (χ2v) is 8.17. The first-order valence-corrected chi connectivity index (χ1v) is 11.6. The zero-order chi connectivity index (χ0) is 18.2. The lowest BCUT2D eigenvalue weighted by Crippen LogP contribution is -2.42. The van der Waals surface area contributed by atoms with E-state index >= 15 is 0 Å². The minimum atomic E-state index is 0.599. The first kappa shape index (κ1) is 19.5. The third-order valence-corrected chi connectivity index (χ3v) is 6.12. The summed E-state index contributed by atoms with van der Waals surface area (Å²) in [5.41, 5.74) is 0. The Morgan fingerprint density at radius 3 is 2.58 bits per heavy atom. The highest BCUT2D eigenvalue weighted by atomic mass is 32.2. The fourth-order valence-electron chi connectivity index (χ4n) is 4.16. The summed E-state index contributed by atoms with van der Waals surface area (Å²) >= 11 is 1.71. The molecule has 0 spiro atoms. The van der Waals surface area contributed by atoms with E-state index in [2.05, 4.69) is 38.6 Å². The molecular formula is C19H34N6S. The molecule has 26 heavy (non-hydrogen) atoms. The van der Waals surface area contributed by atoms with E-state index in [1.54, 1.807) is 11.8 Å². The molecule has 6 nitrogen and oxygen atoms in total. The number of aliphatic imine (C=N–C) groups is 1. The molecule has 3 rings (SSSR count). The van der Waals surface area contributed by atoms with Crippen LogP contribution < -0.4 is 10.6 Å². The van der Waals surface area contributed by atoms with Crippen LogP contribution in [0, 0.1) is 0 Å². The lowest BCUT2D eigenvalue weighted by molar-refractivity contribution is 0.461. The number of thioether (sulfide) groups is 1. The molecule has 1 heterocycles. The lowest BCUT2D eigenvalue weighted by Gasteiger charge is -2.17. The highest BCUT2D eigenvalue weighted by molar-refractivity contribution is 7.98. The fourth-order valence-corrected chi connectivity index (χ4v) is 4.73. The zero-order valence-electron chi connectivity index (χ0n) is 16.3. The molecule has 0 bridgehead atoms. The minimum Gasteiger partial charge on any atom is -0.357 e. The summed E-state index contributed by atoms with van der Waals surface area (Å²) < 4.78 is 2.41. The van der Waals surface area contributed by atoms with Gasteiger partial charge in [0.15, 0.2) is 11.1 Å². The number of hydrogen-bond donors (Lipinski definition) is 2. The van der Waals surface area contributed by atoms with E-state index in [0.29, 0.717) is 12.1 Å². The molecule has 2 fully saturated rings. The lowest BCUT2D eigenvalue weighted by atomic mass is 10.2. The summed E-state index contributed by atoms with van der Waals surface area (Å²) in [7, 11) is 0. The van der Waals surface area contributed by atoms with Crippen LogP contribution in [0.3, 0.4) is 0 Å². The van der Waals surface area contributed by atoms with E-state index in [1.807, 2.05) is 0 Å². The van der Waals surface area contributed by atoms with E-state index in [0.717, 1.165) is 42.9 Å². The summed E-state index contributed by atoms with van der Waals surface area (Å²) in [5.74, 6) is 2.12. The highest BCUT2D eigenvalue weighted by Crippen LogP contribution is 2.33. The van der Waals surface area contributed by atoms with Gasteiger partial charge < -0.3 is 15.2 Å². The van der Waals surface area contributed by atoms with Crippen molar-refractivity contribution in [3.8, 4) is 0 Å². The van der Waals surface area contributed by atoms with Crippen molar-refractivity contribution < 1.29 is 0 Å². The Bertz CT molecular complexity index is 573. The average molecular weight is 379 g/mol. The van der Waals surface area contributed by atoms with Crippen LogP contribution in [0.4, 0.5) is 0 Å². The van der Waals surface area contributed by atoms with Crippen molar-refractivity contribution in [3.63, 3.8) is 0 Å². The first-order chi connectivity index (χ1) is 12.8. The van der Waals surface area contributed by atoms with Crippen molar-refractivity contribution >= 4 is 17.7 Å². The van der Waals surface area contributed by atoms with E-state index in [9.17, 15) is 0 Å². The van der Waals surface area contributed by atoms with Crippen molar-refractivity contribution in [1.82, 2.24) is 25.4 Å². The molecule has 146 valence electrons. The zero-order valence-corrected chi connectivity index (χ0v) is 17.2. The van der Waals surface area contributed by atoms with Crippen molar-refractivity contribution in [1.29, 1.82) is 0 Å². The van der Waals surface area contributed by atoms with Gasteiger partial charge >= 0.3 is 0 Å². The molecule has 2 aliphatic rings. The van der Waals surface area contributed by atoms with Crippen LogP contribution in [-0.4, -0.2) is 46.1 Å². The van der Waals surface area contributed by atoms with E-state index in [4.69, 9.17) is 4.99 Å². The van der Waals surface area contributed by atoms with Crippen LogP contribution in [-0.2, 0) is 6.42 Å². The maximum Gasteiger partial charge on any atom is 0.191 e. The Kier molecular flexibility index (Phi) is 7.65. The van der Waals surface area contributed by atoms with Gasteiger partial charge in [0.2, 0.25) is 0 Å². The number of guanidine groups is 1. The third-order valence-electron chi connectivity index (χ3n) is 5.48. The van der Waals surface area contributed by atoms with Gasteiger partial charge in [-0.15, -0.1) is 10.2 Å². The molecule has 2 N–H and O–H groups in total. The molecule has 1 aromatic rings. The van der Waals surface area contributed by atoms with Crippen LogP contribution in [0.2, 0.25) is 0 Å². The van der Waals surface area contributed by atoms with Gasteiger partial charge in [0, 0.05) is 31.6 Å². The van der Waals surface area contributed by atoms with E-state index in [1.165, 1.54) is 51.4 Å². The molecule has 0 unspecified atom stereocenters. The van der Waals surface area contributed by atoms with Gasteiger partial charge in [0.05, 0.1) is 0 Å². The second-order valence-electron chi connectivity index (χ2n) is 7.40. The summed E-state index contributed by atoms with van der Waals surface area (Å²) in [6.07, 6.45) is 14.5. The fraction of sp³-hybridized carbons (Fsp3) is 0.842. The number of aromatic nitrogens is 3. The third kappa shape index (κ3) is 5.15. The summed E-state index contributed by atoms with van der Waals surface area (Å²) in [6, 6.07) is 1.20. The van der Waals surface area contributed by atoms with Crippen molar-refractivity contribution in [2.75, 3.05) is 19.3 Å². The molecule has 2 aliphatic carbocycles. The highest BCUT2D eigenvalue weighted by Gasteiger charge is 2.23. The van der Waals surface area contributed by atoms with Gasteiger partial charge in [0.1, 0.15) is 5.82 Å². The maximum absolute atomic E-state index is 4.78. The van der Waals surface area contributed by atoms with Crippen molar-refractivity contribution in [3.05, 3.63) is 5.82 Å². The van der Waals surface area contributed by atoms with Crippen molar-refractivity contribution in [2.24, 2.45) is 4.99 Å². The molecule has 7 heteroatoms. The number of hydrogen-bond acceptors (Lipinski definition) is 4. The SMILES string of the molecule is CCNC(=NCCCc1nnc(SC)n1C1CCCC1)NC1CCCC1. The Labute approximate surface area is 162 Å². The standard InChI is InChI=1S/C19H34N6S/c1-3-20-18(22-15-9-4-5-10-15)21-14-8-13-17-23-24-19(26-2)25(17)16-11-6-7-12-16/h15-16H,3-14H2,1-2H3,(H2,20,21,22). The molecular weight excluding hydrogens is 344 g/mol. The Hall–Kier alpha value is -1.24. The Morgan fingerprint density at radius 2 is 1.88 bits per heavy atom. The quantitative estimate of drug-likeness (QED) is 0.313. The van der Waals surface area contributed by atoms with Crippen LogP contribution in [0.25, 0.3) is 0 Å². The predicted molar refractivity (Wildman–Crippen MR) is 109 cm³/mol. The Morgan fingerprint density at radius 1 is 1.15 bits per heavy atom. The van der Waals surface area contributed by atoms with Crippen LogP contribution in [0.15, 0.2) is 10.1 Å². The van der Waals surface area contributed by atoms with Crippen LogP contribution in [0.5, 0.6) is 0 Å². The summed E-state index contributed by atoms with van der Waals surface area (Å²) in [5, 5.41) is 16.9. The van der Waals surface area contributed by atoms with E-state index in [-0.39, 0.29) is 0 Å². The van der Waals surface area contributed by atoms with Gasteiger partial charge in [-0.05, 0) is 45.3 Å². The smallest absolute Gasteiger partial charge is 0.191 e. The van der Waals surface area contributed by atoms with Crippen molar-refractivity contribution in [2.45, 2.75) is 88.4 Å². The Balaban J connectivity index is 1.53. The average Bonchev–Trinajstić information content (AvgIpc) is 3.39. The van der Waals surface area contributed by atoms with Gasteiger partial charge in [0.25, 0.3) is 0 Å². The normalized spacial score (nSPS) is 19.4. The molecule has 0 saturated heterocycles. The number of aryl methyl sites for hydroxylation is 1. The largest absolute Gasteiger partial charge is 0.357 e. The predicted octanol–water partition coefficient (Wildman–Crippen LogP) is 3.55. The number of nitrogens with zero attached hydrogens (tertiary/aromatic N) is 4. The minimum absolute atomic E-state index is 0.599. The summed E-state index contributed by atoms with van der Waals surface area (Å²) in [4.78, 5) is 4.78. The molecule has 0 atom stereocenters. The molecule has 0 amide bonds. The second kappa shape index (κ2) is 10.2. The topological polar surface area (TPSA) is 67.1 Å². The summed E-state index contributed by atoms with van der Waals surface area (Å²) in [6.45, 7) is 3.86. The number of rotatable bonds is 8. The van der Waals surface area contributed by atoms with E-state index < -0.39 is 0 Å². The molecule has 2 saturated carbocycles. The number of nitrogens with one attached hydrogen (secondary N) is 2. The van der Waals surface area contributed by atoms with Gasteiger partial charge in [-0.3, -0.25) is 4.99 Å². The molecule has 0 aromatic carbocycles.